The van der Waals surface area contributed by atoms with Gasteiger partial charge in [0, 0.05) is 65.4 Å². The molecule has 0 saturated carbocycles. The van der Waals surface area contributed by atoms with Gasteiger partial charge in [-0.05, 0) is 0 Å². The Morgan fingerprint density at radius 3 is 2.11 bits per heavy atom. The van der Waals surface area contributed by atoms with Crippen LogP contribution in [-0.2, 0) is 70.2 Å². The minimum absolute atomic E-state index is 0. The Labute approximate surface area is 108 Å². The summed E-state index contributed by atoms with van der Waals surface area (Å²) in [5.41, 5.74) is 0. The molecular formula is C6H12OY2-2. The molecule has 0 aromatic carbocycles. The predicted molar refractivity (Wildman–Crippen MR) is 30.7 cm³/mol. The quantitative estimate of drug-likeness (QED) is 0.710. The molecule has 50 valence electrons. The van der Waals surface area contributed by atoms with Crippen LogP contribution in [0.4, 0.5) is 0 Å². The number of hydrogen-bond donors (Lipinski definition) is 0. The van der Waals surface area contributed by atoms with Gasteiger partial charge >= 0.3 is 0 Å². The van der Waals surface area contributed by atoms with E-state index in [0.29, 0.717) is 6.61 Å². The van der Waals surface area contributed by atoms with E-state index < -0.39 is 0 Å². The van der Waals surface area contributed by atoms with Gasteiger partial charge < -0.3 is 18.1 Å². The van der Waals surface area contributed by atoms with E-state index in [1.54, 1.807) is 0 Å². The topological polar surface area (TPSA) is 9.23 Å². The smallest absolute Gasteiger partial charge is 0 e. The van der Waals surface area contributed by atoms with E-state index in [2.05, 4.69) is 6.92 Å². The Bertz CT molecular complexity index is 40.0. The number of hydrogen-bond acceptors (Lipinski definition) is 1. The van der Waals surface area contributed by atoms with Crippen LogP contribution in [-0.4, -0.2) is 12.7 Å². The standard InChI is InChI=1S/C6H12O.2Y/c1-4-5-7-6(2)3;;/h4,6H,2,5H2,1,3H3;;/q-2;;/t6-;;/m1../s1. The maximum absolute atomic E-state index is 5.02. The van der Waals surface area contributed by atoms with E-state index in [0.717, 1.165) is 0 Å². The van der Waals surface area contributed by atoms with E-state index in [1.165, 1.54) is 0 Å². The molecule has 0 saturated heterocycles. The summed E-state index contributed by atoms with van der Waals surface area (Å²) in [5, 5.41) is 0. The van der Waals surface area contributed by atoms with Crippen LogP contribution in [0.2, 0.25) is 0 Å². The Morgan fingerprint density at radius 1 is 1.56 bits per heavy atom. The summed E-state index contributed by atoms with van der Waals surface area (Å²) in [5.74, 6) is 0. The van der Waals surface area contributed by atoms with E-state index in [9.17, 15) is 0 Å². The van der Waals surface area contributed by atoms with Crippen molar-refractivity contribution in [1.29, 1.82) is 0 Å². The second-order valence-corrected chi connectivity index (χ2v) is 1.55. The van der Waals surface area contributed by atoms with Gasteiger partial charge in [-0.3, -0.25) is 0 Å². The zero-order chi connectivity index (χ0) is 5.70. The molecule has 0 amide bonds. The van der Waals surface area contributed by atoms with Crippen LogP contribution >= 0.6 is 0 Å². The van der Waals surface area contributed by atoms with Gasteiger partial charge in [0.2, 0.25) is 0 Å². The van der Waals surface area contributed by atoms with Crippen molar-refractivity contribution in [2.24, 2.45) is 0 Å². The van der Waals surface area contributed by atoms with Crippen LogP contribution in [0.3, 0.4) is 0 Å². The van der Waals surface area contributed by atoms with Gasteiger partial charge in [-0.1, -0.05) is 19.6 Å². The average Bonchev–Trinajstić information content (AvgIpc) is 1.61. The maximum atomic E-state index is 5.02. The molecule has 0 spiro atoms. The van der Waals surface area contributed by atoms with Gasteiger partial charge in [0.25, 0.3) is 0 Å². The molecular weight excluding hydrogens is 266 g/mol. The summed E-state index contributed by atoms with van der Waals surface area (Å²) in [6.07, 6.45) is 2.08. The molecule has 0 aromatic rings. The molecule has 3 heteroatoms. The van der Waals surface area contributed by atoms with Gasteiger partial charge in [-0.25, -0.2) is 0 Å². The third-order valence-corrected chi connectivity index (χ3v) is 0.547. The van der Waals surface area contributed by atoms with Gasteiger partial charge in [-0.2, -0.15) is 6.92 Å². The molecule has 1 nitrogen and oxygen atoms in total. The fourth-order valence-corrected chi connectivity index (χ4v) is 0.260. The van der Waals surface area contributed by atoms with Gasteiger partial charge in [-0.15, -0.1) is 0 Å². The Hall–Kier alpha value is 2.17. The summed E-state index contributed by atoms with van der Waals surface area (Å²) in [7, 11) is 0. The largest absolute Gasteiger partial charge is 0.442 e. The van der Waals surface area contributed by atoms with E-state index in [-0.39, 0.29) is 71.5 Å². The predicted octanol–water partition coefficient (Wildman–Crippen LogP) is 1.44. The molecule has 0 fully saturated rings. The van der Waals surface area contributed by atoms with Crippen molar-refractivity contribution < 1.29 is 70.2 Å². The molecule has 0 aliphatic heterocycles. The first-order valence-corrected chi connectivity index (χ1v) is 2.50. The van der Waals surface area contributed by atoms with Crippen LogP contribution in [0.1, 0.15) is 13.8 Å². The number of rotatable bonds is 3. The second kappa shape index (κ2) is 12.8. The Kier molecular flexibility index (Phi) is 24.6. The fraction of sp³-hybridized carbons (Fsp3) is 0.667. The van der Waals surface area contributed by atoms with Crippen molar-refractivity contribution in [3.8, 4) is 0 Å². The summed E-state index contributed by atoms with van der Waals surface area (Å²) >= 11 is 0. The molecule has 0 aliphatic carbocycles. The van der Waals surface area contributed by atoms with Gasteiger partial charge in [0.15, 0.2) is 0 Å². The molecule has 0 N–H and O–H groups in total. The fourth-order valence-electron chi connectivity index (χ4n) is 0.260. The normalized spacial score (nSPS) is 11.0. The van der Waals surface area contributed by atoms with E-state index in [4.69, 9.17) is 4.74 Å². The van der Waals surface area contributed by atoms with Crippen molar-refractivity contribution in [1.82, 2.24) is 0 Å². The van der Waals surface area contributed by atoms with Crippen LogP contribution < -0.4 is 0 Å². The molecule has 0 aliphatic rings. The molecule has 1 atom stereocenters. The summed E-state index contributed by atoms with van der Waals surface area (Å²) in [6, 6.07) is 0. The SMILES string of the molecule is [CH2-][C@H](C)OC[CH-]C.[Y].[Y]. The van der Waals surface area contributed by atoms with Gasteiger partial charge in [0.1, 0.15) is 0 Å². The summed E-state index contributed by atoms with van der Waals surface area (Å²) < 4.78 is 5.02. The summed E-state index contributed by atoms with van der Waals surface area (Å²) in [4.78, 5) is 0. The van der Waals surface area contributed by atoms with Gasteiger partial charge in [0.05, 0.1) is 0 Å². The van der Waals surface area contributed by atoms with E-state index >= 15 is 0 Å². The first-order valence-electron chi connectivity index (χ1n) is 2.50. The molecule has 9 heavy (non-hydrogen) atoms. The molecule has 0 heterocycles. The first-order chi connectivity index (χ1) is 3.27. The minimum atomic E-state index is 0. The third kappa shape index (κ3) is 17.8. The Morgan fingerprint density at radius 2 is 2.00 bits per heavy atom. The average molecular weight is 278 g/mol. The van der Waals surface area contributed by atoms with Crippen LogP contribution in [0.25, 0.3) is 0 Å². The third-order valence-electron chi connectivity index (χ3n) is 0.547. The van der Waals surface area contributed by atoms with Crippen LogP contribution in [0.15, 0.2) is 0 Å². The van der Waals surface area contributed by atoms with Crippen LogP contribution in [0.5, 0.6) is 0 Å². The molecule has 0 aromatic heterocycles. The van der Waals surface area contributed by atoms with Crippen molar-refractivity contribution >= 4 is 0 Å². The van der Waals surface area contributed by atoms with Crippen molar-refractivity contribution in [3.63, 3.8) is 0 Å². The monoisotopic (exact) mass is 278 g/mol. The maximum Gasteiger partial charge on any atom is 0 e. The molecule has 0 bridgehead atoms. The second-order valence-electron chi connectivity index (χ2n) is 1.55. The minimum Gasteiger partial charge on any atom is -0.442 e. The zero-order valence-electron chi connectivity index (χ0n) is 6.13. The van der Waals surface area contributed by atoms with Crippen molar-refractivity contribution in [2.45, 2.75) is 20.0 Å². The Balaban J connectivity index is -0.000000180. The summed E-state index contributed by atoms with van der Waals surface area (Å²) in [6.45, 7) is 8.23. The first kappa shape index (κ1) is 17.3. The molecule has 0 rings (SSSR count). The molecule has 0 unspecified atom stereocenters. The zero-order valence-corrected chi connectivity index (χ0v) is 11.8. The number of ether oxygens (including phenoxy) is 1. The van der Waals surface area contributed by atoms with E-state index in [1.807, 2.05) is 20.3 Å². The molecule has 2 radical (unpaired) electrons. The van der Waals surface area contributed by atoms with Crippen molar-refractivity contribution in [2.75, 3.05) is 6.61 Å². The van der Waals surface area contributed by atoms with Crippen LogP contribution in [0, 0.1) is 13.3 Å². The van der Waals surface area contributed by atoms with Crippen molar-refractivity contribution in [3.05, 3.63) is 13.3 Å².